The number of anilines is 1. The van der Waals surface area contributed by atoms with E-state index in [0.29, 0.717) is 39.9 Å². The highest BCUT2D eigenvalue weighted by Gasteiger charge is 2.35. The molecule has 0 radical (unpaired) electrons. The summed E-state index contributed by atoms with van der Waals surface area (Å²) in [5.74, 6) is 1.41. The molecule has 1 atom stereocenters. The molecular formula is C22H23N3O3S. The zero-order valence-electron chi connectivity index (χ0n) is 16.6. The van der Waals surface area contributed by atoms with Gasteiger partial charge in [0.25, 0.3) is 5.91 Å². The van der Waals surface area contributed by atoms with Crippen molar-refractivity contribution in [1.82, 2.24) is 9.88 Å². The van der Waals surface area contributed by atoms with Crippen molar-refractivity contribution in [1.29, 1.82) is 0 Å². The second kappa shape index (κ2) is 7.55. The van der Waals surface area contributed by atoms with Gasteiger partial charge in [-0.15, -0.1) is 11.8 Å². The van der Waals surface area contributed by atoms with Gasteiger partial charge in [0.15, 0.2) is 5.58 Å². The third-order valence-electron chi connectivity index (χ3n) is 4.76. The van der Waals surface area contributed by atoms with Crippen molar-refractivity contribution in [2.45, 2.75) is 32.2 Å². The minimum absolute atomic E-state index is 0.127. The zero-order valence-corrected chi connectivity index (χ0v) is 17.5. The molecule has 6 nitrogen and oxygen atoms in total. The molecule has 2 amide bonds. The van der Waals surface area contributed by atoms with Gasteiger partial charge in [-0.05, 0) is 30.3 Å². The molecule has 1 saturated heterocycles. The Kier molecular flexibility index (Phi) is 5.08. The standard InChI is InChI=1S/C22H23N3O3S/c1-22(2,3)21-24-16-11-15(9-10-18(16)28-21)23-19(26)17-12-29-13-25(17)20(27)14-7-5-4-6-8-14/h4-11,17H,12-13H2,1-3H3,(H,23,26). The van der Waals surface area contributed by atoms with Crippen LogP contribution in [-0.2, 0) is 10.2 Å². The summed E-state index contributed by atoms with van der Waals surface area (Å²) in [4.78, 5) is 31.9. The average Bonchev–Trinajstić information content (AvgIpc) is 3.34. The van der Waals surface area contributed by atoms with Crippen LogP contribution >= 0.6 is 11.8 Å². The maximum absolute atomic E-state index is 12.9. The van der Waals surface area contributed by atoms with Crippen molar-refractivity contribution >= 4 is 40.4 Å². The molecule has 0 aliphatic carbocycles. The molecule has 0 bridgehead atoms. The molecule has 1 aromatic heterocycles. The van der Waals surface area contributed by atoms with Gasteiger partial charge in [0.2, 0.25) is 11.8 Å². The van der Waals surface area contributed by atoms with E-state index in [2.05, 4.69) is 10.3 Å². The van der Waals surface area contributed by atoms with Gasteiger partial charge in [0.05, 0.1) is 5.88 Å². The second-order valence-electron chi connectivity index (χ2n) is 8.10. The number of hydrogen-bond donors (Lipinski definition) is 1. The van der Waals surface area contributed by atoms with Crippen molar-refractivity contribution in [3.05, 3.63) is 60.0 Å². The van der Waals surface area contributed by atoms with Crippen LogP contribution in [0.1, 0.15) is 37.0 Å². The van der Waals surface area contributed by atoms with Crippen LogP contribution in [0.5, 0.6) is 0 Å². The fraction of sp³-hybridized carbons (Fsp3) is 0.318. The summed E-state index contributed by atoms with van der Waals surface area (Å²) in [5, 5.41) is 2.93. The predicted octanol–water partition coefficient (Wildman–Crippen LogP) is 4.28. The summed E-state index contributed by atoms with van der Waals surface area (Å²) in [5.41, 5.74) is 2.42. The van der Waals surface area contributed by atoms with Crippen molar-refractivity contribution in [2.75, 3.05) is 16.9 Å². The Bertz CT molecular complexity index is 1060. The summed E-state index contributed by atoms with van der Waals surface area (Å²) < 4.78 is 5.81. The van der Waals surface area contributed by atoms with Gasteiger partial charge in [-0.2, -0.15) is 0 Å². The summed E-state index contributed by atoms with van der Waals surface area (Å²) in [6.45, 7) is 6.11. The van der Waals surface area contributed by atoms with E-state index in [4.69, 9.17) is 4.42 Å². The summed E-state index contributed by atoms with van der Waals surface area (Å²) >= 11 is 1.58. The van der Waals surface area contributed by atoms with E-state index >= 15 is 0 Å². The lowest BCUT2D eigenvalue weighted by atomic mass is 9.97. The van der Waals surface area contributed by atoms with Crippen LogP contribution in [0.4, 0.5) is 5.69 Å². The molecule has 3 aromatic rings. The molecule has 1 N–H and O–H groups in total. The number of fused-ring (bicyclic) bond motifs is 1. The first kappa shape index (κ1) is 19.5. The van der Waals surface area contributed by atoms with Crippen molar-refractivity contribution in [3.63, 3.8) is 0 Å². The largest absolute Gasteiger partial charge is 0.440 e. The van der Waals surface area contributed by atoms with E-state index in [9.17, 15) is 9.59 Å². The first-order chi connectivity index (χ1) is 13.8. The SMILES string of the molecule is CC(C)(C)c1nc2cc(NC(=O)C3CSCN3C(=O)c3ccccc3)ccc2o1. The number of thioether (sulfide) groups is 1. The van der Waals surface area contributed by atoms with Crippen LogP contribution in [0.3, 0.4) is 0 Å². The molecule has 2 aromatic carbocycles. The Balaban J connectivity index is 1.51. The van der Waals surface area contributed by atoms with E-state index in [0.717, 1.165) is 0 Å². The third-order valence-corrected chi connectivity index (χ3v) is 5.78. The number of oxazole rings is 1. The van der Waals surface area contributed by atoms with E-state index < -0.39 is 6.04 Å². The normalized spacial score (nSPS) is 16.9. The maximum atomic E-state index is 12.9. The number of nitrogens with one attached hydrogen (secondary N) is 1. The number of nitrogens with zero attached hydrogens (tertiary/aromatic N) is 2. The predicted molar refractivity (Wildman–Crippen MR) is 115 cm³/mol. The molecule has 4 rings (SSSR count). The van der Waals surface area contributed by atoms with E-state index in [1.807, 2.05) is 45.0 Å². The molecule has 0 saturated carbocycles. The molecule has 1 unspecified atom stereocenters. The van der Waals surface area contributed by atoms with Gasteiger partial charge in [-0.25, -0.2) is 4.98 Å². The van der Waals surface area contributed by atoms with Crippen molar-refractivity contribution in [2.24, 2.45) is 0 Å². The molecule has 1 aliphatic rings. The van der Waals surface area contributed by atoms with Gasteiger partial charge < -0.3 is 14.6 Å². The molecule has 1 aliphatic heterocycles. The van der Waals surface area contributed by atoms with Gasteiger partial charge >= 0.3 is 0 Å². The highest BCUT2D eigenvalue weighted by molar-refractivity contribution is 7.99. The lowest BCUT2D eigenvalue weighted by Crippen LogP contribution is -2.44. The zero-order chi connectivity index (χ0) is 20.6. The molecule has 29 heavy (non-hydrogen) atoms. The number of aromatic nitrogens is 1. The molecular weight excluding hydrogens is 386 g/mol. The second-order valence-corrected chi connectivity index (χ2v) is 9.10. The number of benzene rings is 2. The van der Waals surface area contributed by atoms with Gasteiger partial charge in [-0.1, -0.05) is 39.0 Å². The highest BCUT2D eigenvalue weighted by Crippen LogP contribution is 2.28. The number of amides is 2. The minimum atomic E-state index is -0.508. The molecule has 150 valence electrons. The molecule has 1 fully saturated rings. The van der Waals surface area contributed by atoms with E-state index in [-0.39, 0.29) is 17.2 Å². The number of hydrogen-bond acceptors (Lipinski definition) is 5. The summed E-state index contributed by atoms with van der Waals surface area (Å²) in [6.07, 6.45) is 0. The topological polar surface area (TPSA) is 75.4 Å². The Hall–Kier alpha value is -2.80. The van der Waals surface area contributed by atoms with E-state index in [1.54, 1.807) is 40.9 Å². The van der Waals surface area contributed by atoms with Crippen LogP contribution < -0.4 is 5.32 Å². The summed E-state index contributed by atoms with van der Waals surface area (Å²) in [6, 6.07) is 14.0. The molecule has 7 heteroatoms. The smallest absolute Gasteiger partial charge is 0.255 e. The van der Waals surface area contributed by atoms with Crippen molar-refractivity contribution < 1.29 is 14.0 Å². The Morgan fingerprint density at radius 3 is 2.66 bits per heavy atom. The average molecular weight is 410 g/mol. The number of carbonyl (C=O) groups is 2. The highest BCUT2D eigenvalue weighted by atomic mass is 32.2. The Morgan fingerprint density at radius 1 is 1.17 bits per heavy atom. The first-order valence-electron chi connectivity index (χ1n) is 9.48. The maximum Gasteiger partial charge on any atom is 0.255 e. The molecule has 0 spiro atoms. The van der Waals surface area contributed by atoms with Gasteiger partial charge in [0, 0.05) is 22.4 Å². The van der Waals surface area contributed by atoms with Crippen LogP contribution in [0, 0.1) is 0 Å². The molecule has 2 heterocycles. The third kappa shape index (κ3) is 4.00. The monoisotopic (exact) mass is 409 g/mol. The Morgan fingerprint density at radius 2 is 1.93 bits per heavy atom. The summed E-state index contributed by atoms with van der Waals surface area (Å²) in [7, 11) is 0. The van der Waals surface area contributed by atoms with Gasteiger partial charge in [0.1, 0.15) is 11.6 Å². The van der Waals surface area contributed by atoms with Crippen LogP contribution in [0.15, 0.2) is 52.9 Å². The Labute approximate surface area is 173 Å². The van der Waals surface area contributed by atoms with E-state index in [1.165, 1.54) is 0 Å². The fourth-order valence-corrected chi connectivity index (χ4v) is 4.31. The number of carbonyl (C=O) groups excluding carboxylic acids is 2. The van der Waals surface area contributed by atoms with Gasteiger partial charge in [-0.3, -0.25) is 9.59 Å². The quantitative estimate of drug-likeness (QED) is 0.699. The lowest BCUT2D eigenvalue weighted by molar-refractivity contribution is -0.119. The minimum Gasteiger partial charge on any atom is -0.440 e. The fourth-order valence-electron chi connectivity index (χ4n) is 3.16. The first-order valence-corrected chi connectivity index (χ1v) is 10.6. The lowest BCUT2D eigenvalue weighted by Gasteiger charge is -2.23. The van der Waals surface area contributed by atoms with Crippen LogP contribution in [0.25, 0.3) is 11.1 Å². The van der Waals surface area contributed by atoms with Crippen LogP contribution in [0.2, 0.25) is 0 Å². The number of rotatable bonds is 3. The van der Waals surface area contributed by atoms with Crippen LogP contribution in [-0.4, -0.2) is 39.4 Å². The van der Waals surface area contributed by atoms with Crippen molar-refractivity contribution in [3.8, 4) is 0 Å².